The monoisotopic (exact) mass is 543 g/mol. The van der Waals surface area contributed by atoms with Gasteiger partial charge in [-0.2, -0.15) is 0 Å². The number of fused-ring (bicyclic) bond motifs is 1. The van der Waals surface area contributed by atoms with Crippen molar-refractivity contribution in [3.8, 4) is 5.75 Å². The number of hydrogen-bond donors (Lipinski definition) is 0. The van der Waals surface area contributed by atoms with E-state index in [-0.39, 0.29) is 11.9 Å². The van der Waals surface area contributed by atoms with E-state index in [2.05, 4.69) is 14.9 Å². The second kappa shape index (κ2) is 12.6. The summed E-state index contributed by atoms with van der Waals surface area (Å²) in [7, 11) is 0.229. The fourth-order valence-corrected chi connectivity index (χ4v) is 5.92. The van der Waals surface area contributed by atoms with Gasteiger partial charge in [-0.3, -0.25) is 14.1 Å². The number of carbonyl (C=O) groups excluding carboxylic acids is 1. The van der Waals surface area contributed by atoms with Crippen LogP contribution in [0.25, 0.3) is 11.0 Å². The molecular weight excluding hydrogens is 506 g/mol. The van der Waals surface area contributed by atoms with Crippen LogP contribution in [-0.2, 0) is 26.0 Å². The molecule has 1 saturated heterocycles. The molecule has 1 aromatic carbocycles. The van der Waals surface area contributed by atoms with E-state index in [0.717, 1.165) is 72.7 Å². The summed E-state index contributed by atoms with van der Waals surface area (Å²) in [5.41, 5.74) is 4.35. The van der Waals surface area contributed by atoms with Crippen molar-refractivity contribution in [2.75, 3.05) is 51.4 Å². The molecule has 0 N–H and O–H groups in total. The van der Waals surface area contributed by atoms with Gasteiger partial charge in [-0.25, -0.2) is 14.5 Å². The Balaban J connectivity index is 1.43. The van der Waals surface area contributed by atoms with Crippen LogP contribution in [0, 0.1) is 13.8 Å². The zero-order valence-corrected chi connectivity index (χ0v) is 23.6. The number of aryl methyl sites for hydroxylation is 1. The Morgan fingerprint density at radius 3 is 2.58 bits per heavy atom. The Morgan fingerprint density at radius 2 is 1.87 bits per heavy atom. The average molecular weight is 544 g/mol. The summed E-state index contributed by atoms with van der Waals surface area (Å²) in [6, 6.07) is 7.89. The summed E-state index contributed by atoms with van der Waals surface area (Å²) in [6.45, 7) is 11.8. The largest absolute Gasteiger partial charge is 0.508 e. The Labute approximate surface area is 226 Å². The van der Waals surface area contributed by atoms with Crippen LogP contribution < -0.4 is 9.75 Å². The maximum absolute atomic E-state index is 13.7. The third-order valence-electron chi connectivity index (χ3n) is 6.53. The van der Waals surface area contributed by atoms with E-state index in [0.29, 0.717) is 11.8 Å². The highest BCUT2D eigenvalue weighted by Gasteiger charge is 2.25. The van der Waals surface area contributed by atoms with E-state index in [1.54, 1.807) is 27.2 Å². The fourth-order valence-electron chi connectivity index (χ4n) is 4.65. The second-order valence-electron chi connectivity index (χ2n) is 9.64. The summed E-state index contributed by atoms with van der Waals surface area (Å²) in [5, 5.41) is 2.74. The number of nitrogens with zero attached hydrogens (tertiary/aromatic N) is 5. The van der Waals surface area contributed by atoms with Crippen LogP contribution in [-0.4, -0.2) is 82.5 Å². The average Bonchev–Trinajstić information content (AvgIpc) is 3.28. The lowest BCUT2D eigenvalue weighted by Gasteiger charge is -2.37. The molecule has 1 unspecified atom stereocenters. The highest BCUT2D eigenvalue weighted by atomic mass is 32.2. The minimum absolute atomic E-state index is 0.186. The molecule has 3 heterocycles. The van der Waals surface area contributed by atoms with Crippen LogP contribution in [0.2, 0.25) is 0 Å². The van der Waals surface area contributed by atoms with Crippen LogP contribution >= 0.6 is 0 Å². The van der Waals surface area contributed by atoms with Gasteiger partial charge in [-0.15, -0.1) is 0 Å². The Kier molecular flexibility index (Phi) is 9.22. The smallest absolute Gasteiger partial charge is 0.496 e. The minimum atomic E-state index is -1.41. The van der Waals surface area contributed by atoms with Gasteiger partial charge in [0, 0.05) is 50.0 Å². The van der Waals surface area contributed by atoms with E-state index < -0.39 is 17.0 Å². The Hall–Kier alpha value is -3.18. The highest BCUT2D eigenvalue weighted by molar-refractivity contribution is 7.84. The summed E-state index contributed by atoms with van der Waals surface area (Å²) < 4.78 is 31.4. The molecule has 1 aliphatic rings. The van der Waals surface area contributed by atoms with Crippen molar-refractivity contribution >= 4 is 28.0 Å². The van der Waals surface area contributed by atoms with Crippen molar-refractivity contribution in [3.63, 3.8) is 0 Å². The van der Waals surface area contributed by atoms with E-state index in [1.165, 1.54) is 0 Å². The lowest BCUT2D eigenvalue weighted by molar-refractivity contribution is 0.0322. The highest BCUT2D eigenvalue weighted by Crippen LogP contribution is 2.27. The predicted molar refractivity (Wildman–Crippen MR) is 147 cm³/mol. The van der Waals surface area contributed by atoms with Crippen LogP contribution in [0.5, 0.6) is 5.75 Å². The van der Waals surface area contributed by atoms with Crippen molar-refractivity contribution in [3.05, 3.63) is 47.3 Å². The zero-order chi connectivity index (χ0) is 27.2. The van der Waals surface area contributed by atoms with Crippen LogP contribution in [0.1, 0.15) is 37.1 Å². The molecule has 0 amide bonds. The number of pyridine rings is 1. The number of imidazole rings is 1. The van der Waals surface area contributed by atoms with Crippen LogP contribution in [0.3, 0.4) is 0 Å². The molecule has 0 bridgehead atoms. The molecule has 0 spiro atoms. The molecule has 10 nitrogen and oxygen atoms in total. The number of para-hydroxylation sites is 2. The van der Waals surface area contributed by atoms with Crippen LogP contribution in [0.4, 0.5) is 4.79 Å². The number of hydrogen-bond acceptors (Lipinski definition) is 9. The van der Waals surface area contributed by atoms with Gasteiger partial charge in [0.15, 0.2) is 0 Å². The molecule has 4 rings (SSSR count). The summed E-state index contributed by atoms with van der Waals surface area (Å²) >= 11 is 0. The van der Waals surface area contributed by atoms with Gasteiger partial charge in [-0.1, -0.05) is 12.1 Å². The van der Waals surface area contributed by atoms with Gasteiger partial charge in [-0.05, 0) is 46.2 Å². The van der Waals surface area contributed by atoms with E-state index in [1.807, 2.05) is 42.8 Å². The third-order valence-corrected chi connectivity index (χ3v) is 7.74. The normalized spacial score (nSPS) is 15.2. The molecular formula is C27H37N5O5S. The van der Waals surface area contributed by atoms with Gasteiger partial charge in [0.25, 0.3) is 0 Å². The van der Waals surface area contributed by atoms with Gasteiger partial charge < -0.3 is 19.2 Å². The second-order valence-corrected chi connectivity index (χ2v) is 11.0. The van der Waals surface area contributed by atoms with Crippen molar-refractivity contribution in [2.45, 2.75) is 51.1 Å². The Bertz CT molecular complexity index is 1290. The van der Waals surface area contributed by atoms with E-state index in [4.69, 9.17) is 19.2 Å². The van der Waals surface area contributed by atoms with Gasteiger partial charge >= 0.3 is 6.16 Å². The van der Waals surface area contributed by atoms with E-state index in [9.17, 15) is 9.00 Å². The number of methoxy groups -OCH3 is 1. The summed E-state index contributed by atoms with van der Waals surface area (Å²) in [6.07, 6.45) is 1.70. The first-order valence-electron chi connectivity index (χ1n) is 12.9. The van der Waals surface area contributed by atoms with Crippen molar-refractivity contribution in [1.82, 2.24) is 19.5 Å². The summed E-state index contributed by atoms with van der Waals surface area (Å²) in [4.78, 5) is 23.2. The molecule has 0 saturated carbocycles. The SMILES string of the molecule is COc1c(C)cnc(CS(=O)c2nc3ccccc3n2N2CCN(CCCOC(=O)OC(C)C)CC2)c1C. The predicted octanol–water partition coefficient (Wildman–Crippen LogP) is 3.57. The quantitative estimate of drug-likeness (QED) is 0.281. The third kappa shape index (κ3) is 6.44. The molecule has 206 valence electrons. The molecule has 0 radical (unpaired) electrons. The molecule has 1 aliphatic heterocycles. The lowest BCUT2D eigenvalue weighted by atomic mass is 10.1. The van der Waals surface area contributed by atoms with Crippen molar-refractivity contribution in [2.24, 2.45) is 0 Å². The lowest BCUT2D eigenvalue weighted by Crippen LogP contribution is -2.51. The number of benzene rings is 1. The Morgan fingerprint density at radius 1 is 1.13 bits per heavy atom. The van der Waals surface area contributed by atoms with E-state index >= 15 is 0 Å². The maximum Gasteiger partial charge on any atom is 0.508 e. The maximum atomic E-state index is 13.7. The standard InChI is InChI=1S/C27H37N5O5S/c1-19(2)37-27(33)36-16-8-11-30-12-14-31(15-13-30)32-24-10-7-6-9-22(24)29-26(32)38(34)18-23-21(4)25(35-5)20(3)17-28-23/h6-7,9-10,17,19H,8,11-16,18H2,1-5H3. The topological polar surface area (TPSA) is 99.0 Å². The molecule has 3 aromatic rings. The number of piperazine rings is 1. The first-order chi connectivity index (χ1) is 18.3. The van der Waals surface area contributed by atoms with Gasteiger partial charge in [0.2, 0.25) is 5.16 Å². The van der Waals surface area contributed by atoms with Crippen LogP contribution in [0.15, 0.2) is 35.6 Å². The molecule has 11 heteroatoms. The number of carbonyl (C=O) groups is 1. The molecule has 0 aliphatic carbocycles. The molecule has 1 fully saturated rings. The van der Waals surface area contributed by atoms with Gasteiger partial charge in [0.05, 0.1) is 53.1 Å². The molecule has 1 atom stereocenters. The van der Waals surface area contributed by atoms with Crippen molar-refractivity contribution in [1.29, 1.82) is 0 Å². The zero-order valence-electron chi connectivity index (χ0n) is 22.8. The number of rotatable bonds is 10. The molecule has 2 aromatic heterocycles. The molecule has 38 heavy (non-hydrogen) atoms. The summed E-state index contributed by atoms with van der Waals surface area (Å²) in [5.74, 6) is 1.03. The first-order valence-corrected chi connectivity index (χ1v) is 14.3. The first kappa shape index (κ1) is 27.8. The number of ether oxygens (including phenoxy) is 3. The van der Waals surface area contributed by atoms with Crippen molar-refractivity contribution < 1.29 is 23.2 Å². The van der Waals surface area contributed by atoms with Gasteiger partial charge in [0.1, 0.15) is 5.75 Å². The number of aromatic nitrogens is 3. The fraction of sp³-hybridized carbons (Fsp3) is 0.519. The minimum Gasteiger partial charge on any atom is -0.496 e.